The summed E-state index contributed by atoms with van der Waals surface area (Å²) in [5, 5.41) is 6.56. The fourth-order valence-electron chi connectivity index (χ4n) is 3.97. The van der Waals surface area contributed by atoms with Gasteiger partial charge in [-0.2, -0.15) is 0 Å². The molecule has 2 fully saturated rings. The molecule has 1 unspecified atom stereocenters. The summed E-state index contributed by atoms with van der Waals surface area (Å²) in [5.41, 5.74) is 1.88. The highest BCUT2D eigenvalue weighted by atomic mass is 32.1. The first-order chi connectivity index (χ1) is 9.77. The van der Waals surface area contributed by atoms with E-state index in [0.717, 1.165) is 26.1 Å². The van der Waals surface area contributed by atoms with Crippen LogP contribution in [0.5, 0.6) is 0 Å². The first kappa shape index (κ1) is 12.8. The Hall–Kier alpha value is -0.870. The lowest BCUT2D eigenvalue weighted by Crippen LogP contribution is -2.33. The van der Waals surface area contributed by atoms with Gasteiger partial charge in [0.1, 0.15) is 0 Å². The van der Waals surface area contributed by atoms with Crippen LogP contribution < -0.4 is 10.6 Å². The lowest BCUT2D eigenvalue weighted by molar-refractivity contribution is -0.123. The lowest BCUT2D eigenvalue weighted by atomic mass is 9.92. The molecule has 2 N–H and O–H groups in total. The predicted molar refractivity (Wildman–Crippen MR) is 80.8 cm³/mol. The average Bonchev–Trinajstić information content (AvgIpc) is 2.82. The number of aryl methyl sites for hydroxylation is 2. The highest BCUT2D eigenvalue weighted by Crippen LogP contribution is 2.58. The van der Waals surface area contributed by atoms with Crippen LogP contribution in [0, 0.1) is 11.3 Å². The van der Waals surface area contributed by atoms with E-state index in [1.165, 1.54) is 42.5 Å². The Morgan fingerprint density at radius 1 is 1.40 bits per heavy atom. The first-order valence-corrected chi connectivity index (χ1v) is 8.67. The Bertz CT molecular complexity index is 509. The Balaban J connectivity index is 1.32. The van der Waals surface area contributed by atoms with Crippen molar-refractivity contribution in [3.63, 3.8) is 0 Å². The number of piperidine rings is 1. The van der Waals surface area contributed by atoms with E-state index >= 15 is 0 Å². The maximum Gasteiger partial charge on any atom is 0.223 e. The van der Waals surface area contributed by atoms with E-state index in [4.69, 9.17) is 0 Å². The van der Waals surface area contributed by atoms with Gasteiger partial charge in [-0.3, -0.25) is 4.79 Å². The Morgan fingerprint density at radius 3 is 3.05 bits per heavy atom. The van der Waals surface area contributed by atoms with Gasteiger partial charge in [-0.05, 0) is 68.7 Å². The zero-order valence-electron chi connectivity index (χ0n) is 11.8. The highest BCUT2D eigenvalue weighted by molar-refractivity contribution is 7.12. The number of rotatable bonds is 3. The van der Waals surface area contributed by atoms with Gasteiger partial charge in [0.15, 0.2) is 0 Å². The van der Waals surface area contributed by atoms with Gasteiger partial charge < -0.3 is 10.6 Å². The monoisotopic (exact) mass is 290 g/mol. The molecule has 1 aliphatic heterocycles. The second kappa shape index (κ2) is 4.85. The van der Waals surface area contributed by atoms with Crippen LogP contribution in [-0.2, 0) is 24.2 Å². The van der Waals surface area contributed by atoms with Gasteiger partial charge >= 0.3 is 0 Å². The molecule has 0 bridgehead atoms. The minimum atomic E-state index is 0.288. The van der Waals surface area contributed by atoms with Crippen molar-refractivity contribution in [1.29, 1.82) is 0 Å². The number of thiophene rings is 1. The minimum Gasteiger partial charge on any atom is -0.351 e. The summed E-state index contributed by atoms with van der Waals surface area (Å²) in [6.07, 6.45) is 7.26. The van der Waals surface area contributed by atoms with Crippen LogP contribution in [0.2, 0.25) is 0 Å². The standard InChI is InChI=1S/C16H22N2OS/c19-15(13-9-16(13)4-6-17-7-5-16)18-10-12-8-11-2-1-3-14(11)20-12/h8,13,17H,1-7,9-10H2,(H,18,19). The summed E-state index contributed by atoms with van der Waals surface area (Å²) >= 11 is 1.90. The van der Waals surface area contributed by atoms with Gasteiger partial charge in [-0.15, -0.1) is 11.3 Å². The Kier molecular flexibility index (Phi) is 3.11. The van der Waals surface area contributed by atoms with Crippen LogP contribution in [0.25, 0.3) is 0 Å². The van der Waals surface area contributed by atoms with Crippen molar-refractivity contribution in [2.24, 2.45) is 11.3 Å². The fraction of sp³-hybridized carbons (Fsp3) is 0.688. The largest absolute Gasteiger partial charge is 0.351 e. The molecule has 3 aliphatic rings. The number of nitrogens with one attached hydrogen (secondary N) is 2. The van der Waals surface area contributed by atoms with E-state index < -0.39 is 0 Å². The third-order valence-electron chi connectivity index (χ3n) is 5.34. The molecule has 20 heavy (non-hydrogen) atoms. The quantitative estimate of drug-likeness (QED) is 0.896. The molecule has 1 aromatic heterocycles. The van der Waals surface area contributed by atoms with E-state index in [2.05, 4.69) is 16.7 Å². The smallest absolute Gasteiger partial charge is 0.223 e. The zero-order chi connectivity index (χ0) is 13.6. The van der Waals surface area contributed by atoms with Crippen LogP contribution in [0.1, 0.15) is 41.0 Å². The van der Waals surface area contributed by atoms with Crippen molar-refractivity contribution in [3.05, 3.63) is 21.4 Å². The molecular weight excluding hydrogens is 268 g/mol. The van der Waals surface area contributed by atoms with E-state index in [1.807, 2.05) is 11.3 Å². The third-order valence-corrected chi connectivity index (χ3v) is 6.58. The van der Waals surface area contributed by atoms with Crippen molar-refractivity contribution in [3.8, 4) is 0 Å². The maximum atomic E-state index is 12.3. The van der Waals surface area contributed by atoms with Gasteiger partial charge in [0, 0.05) is 15.7 Å². The fourth-order valence-corrected chi connectivity index (χ4v) is 5.17. The number of carbonyl (C=O) groups is 1. The molecule has 0 aromatic carbocycles. The zero-order valence-corrected chi connectivity index (χ0v) is 12.7. The molecule has 2 aliphatic carbocycles. The first-order valence-electron chi connectivity index (χ1n) is 7.86. The van der Waals surface area contributed by atoms with Crippen LogP contribution in [-0.4, -0.2) is 19.0 Å². The highest BCUT2D eigenvalue weighted by Gasteiger charge is 2.57. The summed E-state index contributed by atoms with van der Waals surface area (Å²) < 4.78 is 0. The van der Waals surface area contributed by atoms with Crippen LogP contribution in [0.4, 0.5) is 0 Å². The van der Waals surface area contributed by atoms with Gasteiger partial charge in [-0.25, -0.2) is 0 Å². The van der Waals surface area contributed by atoms with Gasteiger partial charge in [-0.1, -0.05) is 0 Å². The van der Waals surface area contributed by atoms with Gasteiger partial charge in [0.2, 0.25) is 5.91 Å². The Morgan fingerprint density at radius 2 is 2.25 bits per heavy atom. The van der Waals surface area contributed by atoms with Crippen molar-refractivity contribution < 1.29 is 4.79 Å². The SMILES string of the molecule is O=C(NCc1cc2c(s1)CCC2)C1CC12CCNCC2. The summed E-state index contributed by atoms with van der Waals surface area (Å²) in [7, 11) is 0. The van der Waals surface area contributed by atoms with Crippen LogP contribution in [0.3, 0.4) is 0 Å². The number of carbonyl (C=O) groups excluding carboxylic acids is 1. The lowest BCUT2D eigenvalue weighted by Gasteiger charge is -2.23. The molecule has 1 saturated carbocycles. The average molecular weight is 290 g/mol. The predicted octanol–water partition coefficient (Wildman–Crippen LogP) is 2.24. The molecule has 3 nitrogen and oxygen atoms in total. The molecule has 1 atom stereocenters. The number of amides is 1. The molecule has 1 aromatic rings. The second-order valence-electron chi connectivity index (χ2n) is 6.60. The maximum absolute atomic E-state index is 12.3. The molecule has 108 valence electrons. The van der Waals surface area contributed by atoms with Crippen LogP contribution in [0.15, 0.2) is 6.07 Å². The molecule has 2 heterocycles. The van der Waals surface area contributed by atoms with Crippen molar-refractivity contribution in [2.75, 3.05) is 13.1 Å². The molecule has 0 radical (unpaired) electrons. The number of hydrogen-bond acceptors (Lipinski definition) is 3. The summed E-state index contributed by atoms with van der Waals surface area (Å²) in [4.78, 5) is 15.2. The van der Waals surface area contributed by atoms with Gasteiger partial charge in [0.05, 0.1) is 6.54 Å². The van der Waals surface area contributed by atoms with Crippen molar-refractivity contribution >= 4 is 17.2 Å². The summed E-state index contributed by atoms with van der Waals surface area (Å²) in [5.74, 6) is 0.580. The van der Waals surface area contributed by atoms with E-state index in [0.29, 0.717) is 11.3 Å². The second-order valence-corrected chi connectivity index (χ2v) is 7.82. The van der Waals surface area contributed by atoms with Crippen LogP contribution >= 0.6 is 11.3 Å². The molecule has 4 heteroatoms. The van der Waals surface area contributed by atoms with E-state index in [-0.39, 0.29) is 5.92 Å². The van der Waals surface area contributed by atoms with Crippen molar-refractivity contribution in [2.45, 2.75) is 45.1 Å². The number of hydrogen-bond donors (Lipinski definition) is 2. The van der Waals surface area contributed by atoms with E-state index in [9.17, 15) is 4.79 Å². The topological polar surface area (TPSA) is 41.1 Å². The molecular formula is C16H22N2OS. The summed E-state index contributed by atoms with van der Waals surface area (Å²) in [6, 6.07) is 2.31. The van der Waals surface area contributed by atoms with Gasteiger partial charge in [0.25, 0.3) is 0 Å². The van der Waals surface area contributed by atoms with Crippen molar-refractivity contribution in [1.82, 2.24) is 10.6 Å². The number of fused-ring (bicyclic) bond motifs is 1. The molecule has 1 spiro atoms. The molecule has 4 rings (SSSR count). The third kappa shape index (κ3) is 2.19. The summed E-state index contributed by atoms with van der Waals surface area (Å²) in [6.45, 7) is 2.91. The minimum absolute atomic E-state index is 0.288. The van der Waals surface area contributed by atoms with E-state index in [1.54, 1.807) is 4.88 Å². The molecule has 1 saturated heterocycles. The normalized spacial score (nSPS) is 26.5. The Labute approximate surface area is 124 Å². The molecule has 1 amide bonds.